The molecule has 0 saturated carbocycles. The summed E-state index contributed by atoms with van der Waals surface area (Å²) in [5, 5.41) is 2.68. The van der Waals surface area contributed by atoms with Gasteiger partial charge in [-0.15, -0.1) is 0 Å². The van der Waals surface area contributed by atoms with Gasteiger partial charge in [-0.05, 0) is 65.1 Å². The Kier molecular flexibility index (Phi) is 8.89. The molecule has 0 radical (unpaired) electrons. The van der Waals surface area contributed by atoms with Crippen LogP contribution in [0.25, 0.3) is 21.7 Å². The SMILES string of the molecule is CCCN(CC(=O)N(CCc1c[nH]c2ccccc12)Cc1ccc(C(F)(F)F)cc1)S(=O)(=O)c1ccc2ccccc2c1. The Hall–Kier alpha value is -4.15. The van der Waals surface area contributed by atoms with Crippen LogP contribution in [-0.2, 0) is 34.0 Å². The van der Waals surface area contributed by atoms with Crippen LogP contribution in [0.15, 0.2) is 102 Å². The van der Waals surface area contributed by atoms with E-state index in [-0.39, 0.29) is 24.5 Å². The van der Waals surface area contributed by atoms with E-state index in [0.29, 0.717) is 18.4 Å². The van der Waals surface area contributed by atoms with Gasteiger partial charge in [-0.25, -0.2) is 8.42 Å². The second-order valence-electron chi connectivity index (χ2n) is 10.5. The highest BCUT2D eigenvalue weighted by atomic mass is 32.2. The van der Waals surface area contributed by atoms with E-state index in [0.717, 1.165) is 39.4 Å². The molecule has 224 valence electrons. The maximum absolute atomic E-state index is 13.8. The number of hydrogen-bond acceptors (Lipinski definition) is 3. The molecule has 0 unspecified atom stereocenters. The van der Waals surface area contributed by atoms with Gasteiger partial charge in [-0.3, -0.25) is 4.79 Å². The number of aromatic amines is 1. The van der Waals surface area contributed by atoms with Crippen molar-refractivity contribution in [1.29, 1.82) is 0 Å². The van der Waals surface area contributed by atoms with E-state index < -0.39 is 34.2 Å². The van der Waals surface area contributed by atoms with Crippen LogP contribution in [0.2, 0.25) is 0 Å². The quantitative estimate of drug-likeness (QED) is 0.176. The maximum Gasteiger partial charge on any atom is 0.416 e. The first-order chi connectivity index (χ1) is 20.6. The van der Waals surface area contributed by atoms with Gasteiger partial charge >= 0.3 is 6.18 Å². The number of sulfonamides is 1. The summed E-state index contributed by atoms with van der Waals surface area (Å²) in [5.74, 6) is -0.433. The molecule has 6 nitrogen and oxygen atoms in total. The molecule has 1 N–H and O–H groups in total. The smallest absolute Gasteiger partial charge is 0.361 e. The lowest BCUT2D eigenvalue weighted by Gasteiger charge is -2.27. The number of H-pyrrole nitrogens is 1. The number of alkyl halides is 3. The Labute approximate surface area is 248 Å². The standard InChI is InChI=1S/C33H32F3N3O3S/c1-2-18-39(43(41,42)29-16-13-25-7-3-4-8-26(25)20-29)23-32(40)38(22-24-11-14-28(15-12-24)33(34,35)36)19-17-27-21-37-31-10-6-5-9-30(27)31/h3-16,20-21,37H,2,17-19,22-23H2,1H3. The summed E-state index contributed by atoms with van der Waals surface area (Å²) in [4.78, 5) is 18.6. The Balaban J connectivity index is 1.41. The van der Waals surface area contributed by atoms with Crippen molar-refractivity contribution in [3.63, 3.8) is 0 Å². The van der Waals surface area contributed by atoms with Crippen molar-refractivity contribution in [2.45, 2.75) is 37.4 Å². The van der Waals surface area contributed by atoms with Gasteiger partial charge in [0.05, 0.1) is 17.0 Å². The number of amides is 1. The van der Waals surface area contributed by atoms with Gasteiger partial charge in [0.1, 0.15) is 0 Å². The average molecular weight is 608 g/mol. The summed E-state index contributed by atoms with van der Waals surface area (Å²) in [6.45, 7) is 1.87. The third-order valence-corrected chi connectivity index (χ3v) is 9.32. The van der Waals surface area contributed by atoms with Gasteiger partial charge in [0.25, 0.3) is 0 Å². The highest BCUT2D eigenvalue weighted by Gasteiger charge is 2.31. The zero-order chi connectivity index (χ0) is 30.6. The molecule has 5 aromatic rings. The van der Waals surface area contributed by atoms with Crippen LogP contribution in [0.1, 0.15) is 30.0 Å². The summed E-state index contributed by atoms with van der Waals surface area (Å²) < 4.78 is 68.1. The lowest BCUT2D eigenvalue weighted by Crippen LogP contribution is -2.43. The fraction of sp³-hybridized carbons (Fsp3) is 0.242. The number of halogens is 3. The molecular weight excluding hydrogens is 575 g/mol. The van der Waals surface area contributed by atoms with Gasteiger partial charge in [-0.2, -0.15) is 17.5 Å². The molecule has 43 heavy (non-hydrogen) atoms. The third-order valence-electron chi connectivity index (χ3n) is 7.48. The highest BCUT2D eigenvalue weighted by molar-refractivity contribution is 7.89. The summed E-state index contributed by atoms with van der Waals surface area (Å²) in [6.07, 6.45) is -1.63. The van der Waals surface area contributed by atoms with Crippen molar-refractivity contribution in [3.8, 4) is 0 Å². The minimum Gasteiger partial charge on any atom is -0.361 e. The van der Waals surface area contributed by atoms with Crippen molar-refractivity contribution >= 4 is 37.6 Å². The third kappa shape index (κ3) is 6.92. The van der Waals surface area contributed by atoms with E-state index in [4.69, 9.17) is 0 Å². The maximum atomic E-state index is 13.8. The van der Waals surface area contributed by atoms with Crippen LogP contribution in [0.3, 0.4) is 0 Å². The van der Waals surface area contributed by atoms with Crippen molar-refractivity contribution < 1.29 is 26.4 Å². The zero-order valence-corrected chi connectivity index (χ0v) is 24.5. The van der Waals surface area contributed by atoms with Crippen LogP contribution >= 0.6 is 0 Å². The van der Waals surface area contributed by atoms with Gasteiger partial charge in [0, 0.05) is 36.7 Å². The number of aromatic nitrogens is 1. The van der Waals surface area contributed by atoms with Crippen LogP contribution in [0, 0.1) is 0 Å². The van der Waals surface area contributed by atoms with E-state index in [9.17, 15) is 26.4 Å². The normalized spacial score (nSPS) is 12.3. The number of nitrogens with one attached hydrogen (secondary N) is 1. The first kappa shape index (κ1) is 30.3. The Morgan fingerprint density at radius 1 is 0.860 bits per heavy atom. The second-order valence-corrected chi connectivity index (χ2v) is 12.4. The molecule has 1 heterocycles. The van der Waals surface area contributed by atoms with Crippen molar-refractivity contribution in [1.82, 2.24) is 14.2 Å². The van der Waals surface area contributed by atoms with Crippen molar-refractivity contribution in [2.24, 2.45) is 0 Å². The molecule has 5 rings (SSSR count). The lowest BCUT2D eigenvalue weighted by atomic mass is 10.1. The lowest BCUT2D eigenvalue weighted by molar-refractivity contribution is -0.137. The second kappa shape index (κ2) is 12.6. The van der Waals surface area contributed by atoms with E-state index in [1.54, 1.807) is 18.2 Å². The molecule has 0 aliphatic carbocycles. The molecular formula is C33H32F3N3O3S. The number of benzene rings is 4. The number of para-hydroxylation sites is 1. The summed E-state index contributed by atoms with van der Waals surface area (Å²) in [6, 6.07) is 24.8. The molecule has 0 atom stereocenters. The first-order valence-corrected chi connectivity index (χ1v) is 15.5. The van der Waals surface area contributed by atoms with Gasteiger partial charge in [-0.1, -0.05) is 67.6 Å². The van der Waals surface area contributed by atoms with Crippen LogP contribution in [0.4, 0.5) is 13.2 Å². The number of fused-ring (bicyclic) bond motifs is 2. The number of hydrogen-bond donors (Lipinski definition) is 1. The number of carbonyl (C=O) groups excluding carboxylic acids is 1. The zero-order valence-electron chi connectivity index (χ0n) is 23.6. The fourth-order valence-corrected chi connectivity index (χ4v) is 6.68. The van der Waals surface area contributed by atoms with Gasteiger partial charge in [0.15, 0.2) is 0 Å². The highest BCUT2D eigenvalue weighted by Crippen LogP contribution is 2.29. The Morgan fingerprint density at radius 2 is 1.56 bits per heavy atom. The summed E-state index contributed by atoms with van der Waals surface area (Å²) >= 11 is 0. The predicted octanol–water partition coefficient (Wildman–Crippen LogP) is 7.01. The van der Waals surface area contributed by atoms with Crippen LogP contribution < -0.4 is 0 Å². The molecule has 1 aromatic heterocycles. The minimum absolute atomic E-state index is 0.0370. The van der Waals surface area contributed by atoms with Crippen molar-refractivity contribution in [3.05, 3.63) is 114 Å². The number of nitrogens with zero attached hydrogens (tertiary/aromatic N) is 2. The molecule has 4 aromatic carbocycles. The Bertz CT molecular complexity index is 1830. The number of rotatable bonds is 11. The monoisotopic (exact) mass is 607 g/mol. The molecule has 0 bridgehead atoms. The van der Waals surface area contributed by atoms with Crippen LogP contribution in [-0.4, -0.2) is 48.1 Å². The molecule has 0 spiro atoms. The van der Waals surface area contributed by atoms with E-state index in [1.165, 1.54) is 21.3 Å². The summed E-state index contributed by atoms with van der Waals surface area (Å²) in [7, 11) is -4.01. The molecule has 0 aliphatic rings. The number of carbonyl (C=O) groups is 1. The average Bonchev–Trinajstić information content (AvgIpc) is 3.41. The van der Waals surface area contributed by atoms with Crippen molar-refractivity contribution in [2.75, 3.05) is 19.6 Å². The largest absolute Gasteiger partial charge is 0.416 e. The topological polar surface area (TPSA) is 73.5 Å². The van der Waals surface area contributed by atoms with E-state index >= 15 is 0 Å². The van der Waals surface area contributed by atoms with Gasteiger partial charge < -0.3 is 9.88 Å². The van der Waals surface area contributed by atoms with E-state index in [1.807, 2.05) is 61.7 Å². The molecule has 10 heteroatoms. The van der Waals surface area contributed by atoms with E-state index in [2.05, 4.69) is 4.98 Å². The molecule has 0 aliphatic heterocycles. The Morgan fingerprint density at radius 3 is 2.28 bits per heavy atom. The van der Waals surface area contributed by atoms with Gasteiger partial charge in [0.2, 0.25) is 15.9 Å². The molecule has 1 amide bonds. The van der Waals surface area contributed by atoms with Crippen LogP contribution in [0.5, 0.6) is 0 Å². The predicted molar refractivity (Wildman–Crippen MR) is 162 cm³/mol. The fourth-order valence-electron chi connectivity index (χ4n) is 5.17. The molecule has 0 fully saturated rings. The summed E-state index contributed by atoms with van der Waals surface area (Å²) in [5.41, 5.74) is 1.67. The first-order valence-electron chi connectivity index (χ1n) is 14.0. The molecule has 0 saturated heterocycles. The minimum atomic E-state index is -4.47.